The molecule has 0 amide bonds. The molecule has 1 fully saturated rings. The predicted molar refractivity (Wildman–Crippen MR) is 98.9 cm³/mol. The molecule has 23 heavy (non-hydrogen) atoms. The Balaban J connectivity index is 2.07. The zero-order chi connectivity index (χ0) is 16.8. The molecule has 0 unspecified atom stereocenters. The number of aromatic nitrogens is 2. The molecule has 1 aliphatic carbocycles. The van der Waals surface area contributed by atoms with Crippen LogP contribution in [0.3, 0.4) is 0 Å². The van der Waals surface area contributed by atoms with Gasteiger partial charge >= 0.3 is 0 Å². The Morgan fingerprint density at radius 2 is 2.00 bits per heavy atom. The Morgan fingerprint density at radius 1 is 1.30 bits per heavy atom. The first-order chi connectivity index (χ1) is 10.8. The molecule has 0 bridgehead atoms. The largest absolute Gasteiger partial charge is 0.329 e. The number of rotatable bonds is 4. The van der Waals surface area contributed by atoms with E-state index in [4.69, 9.17) is 4.98 Å². The fourth-order valence-electron chi connectivity index (χ4n) is 2.89. The lowest BCUT2D eigenvalue weighted by atomic mass is 9.92. The zero-order valence-electron chi connectivity index (χ0n) is 15.1. The van der Waals surface area contributed by atoms with Gasteiger partial charge < -0.3 is 9.88 Å². The third-order valence-electron chi connectivity index (χ3n) is 4.99. The Labute approximate surface area is 139 Å². The Hall–Kier alpha value is -1.77. The monoisotopic (exact) mass is 311 g/mol. The summed E-state index contributed by atoms with van der Waals surface area (Å²) in [6.07, 6.45) is 3.80. The SMILES string of the molecule is C=C(Nc1nc2ccc(C(C)C)cc2n1C1CCC1)C(C)(C)C. The average molecular weight is 311 g/mol. The second-order valence-corrected chi connectivity index (χ2v) is 8.15. The van der Waals surface area contributed by atoms with E-state index in [0.29, 0.717) is 12.0 Å². The summed E-state index contributed by atoms with van der Waals surface area (Å²) in [7, 11) is 0. The molecule has 0 radical (unpaired) electrons. The third kappa shape index (κ3) is 3.01. The molecule has 124 valence electrons. The van der Waals surface area contributed by atoms with Gasteiger partial charge in [0.05, 0.1) is 11.0 Å². The molecule has 1 aromatic carbocycles. The van der Waals surface area contributed by atoms with Gasteiger partial charge in [-0.15, -0.1) is 0 Å². The number of allylic oxidation sites excluding steroid dienone is 1. The molecule has 1 aromatic heterocycles. The first-order valence-corrected chi connectivity index (χ1v) is 8.75. The summed E-state index contributed by atoms with van der Waals surface area (Å²) >= 11 is 0. The van der Waals surface area contributed by atoms with Crippen LogP contribution in [0.2, 0.25) is 0 Å². The second kappa shape index (κ2) is 5.70. The van der Waals surface area contributed by atoms with Crippen molar-refractivity contribution in [2.45, 2.75) is 65.8 Å². The highest BCUT2D eigenvalue weighted by molar-refractivity contribution is 5.80. The minimum absolute atomic E-state index is 0.0195. The van der Waals surface area contributed by atoms with Crippen LogP contribution in [-0.4, -0.2) is 9.55 Å². The van der Waals surface area contributed by atoms with Gasteiger partial charge in [-0.05, 0) is 42.9 Å². The first kappa shape index (κ1) is 16.1. The summed E-state index contributed by atoms with van der Waals surface area (Å²) in [6.45, 7) is 15.2. The summed E-state index contributed by atoms with van der Waals surface area (Å²) in [5.74, 6) is 1.48. The van der Waals surface area contributed by atoms with Gasteiger partial charge in [-0.25, -0.2) is 4.98 Å². The molecule has 0 aliphatic heterocycles. The molecule has 1 N–H and O–H groups in total. The van der Waals surface area contributed by atoms with Gasteiger partial charge in [0.15, 0.2) is 0 Å². The van der Waals surface area contributed by atoms with Crippen LogP contribution in [0, 0.1) is 5.41 Å². The number of hydrogen-bond donors (Lipinski definition) is 1. The summed E-state index contributed by atoms with van der Waals surface area (Å²) in [4.78, 5) is 4.86. The third-order valence-corrected chi connectivity index (χ3v) is 4.99. The van der Waals surface area contributed by atoms with Crippen LogP contribution in [0.4, 0.5) is 5.95 Å². The maximum atomic E-state index is 4.86. The van der Waals surface area contributed by atoms with Gasteiger partial charge in [-0.2, -0.15) is 0 Å². The highest BCUT2D eigenvalue weighted by atomic mass is 15.2. The lowest BCUT2D eigenvalue weighted by Crippen LogP contribution is -2.22. The minimum Gasteiger partial charge on any atom is -0.329 e. The molecule has 1 aliphatic rings. The summed E-state index contributed by atoms with van der Waals surface area (Å²) < 4.78 is 2.40. The number of anilines is 1. The number of benzene rings is 1. The standard InChI is InChI=1S/C20H29N3/c1-13(2)15-10-11-17-18(12-15)23(16-8-7-9-16)19(22-17)21-14(3)20(4,5)6/h10-13,16H,3,7-9H2,1-2,4-6H3,(H,21,22). The summed E-state index contributed by atoms with van der Waals surface area (Å²) in [5.41, 5.74) is 4.73. The number of nitrogens with one attached hydrogen (secondary N) is 1. The van der Waals surface area contributed by atoms with E-state index in [-0.39, 0.29) is 5.41 Å². The Morgan fingerprint density at radius 3 is 2.52 bits per heavy atom. The van der Waals surface area contributed by atoms with Crippen LogP contribution in [0.25, 0.3) is 11.0 Å². The van der Waals surface area contributed by atoms with E-state index in [1.807, 2.05) is 0 Å². The molecular formula is C20H29N3. The van der Waals surface area contributed by atoms with Crippen molar-refractivity contribution in [3.63, 3.8) is 0 Å². The molecule has 0 saturated heterocycles. The predicted octanol–water partition coefficient (Wildman–Crippen LogP) is 5.86. The quantitative estimate of drug-likeness (QED) is 0.766. The van der Waals surface area contributed by atoms with Crippen molar-refractivity contribution in [2.24, 2.45) is 5.41 Å². The molecule has 2 aromatic rings. The van der Waals surface area contributed by atoms with Gasteiger partial charge in [-0.3, -0.25) is 0 Å². The lowest BCUT2D eigenvalue weighted by molar-refractivity contribution is 0.323. The normalized spacial score (nSPS) is 15.9. The Kier molecular flexibility index (Phi) is 3.99. The summed E-state index contributed by atoms with van der Waals surface area (Å²) in [6, 6.07) is 7.24. The molecular weight excluding hydrogens is 282 g/mol. The van der Waals surface area contributed by atoms with Gasteiger partial charge in [0.2, 0.25) is 5.95 Å². The molecule has 3 rings (SSSR count). The minimum atomic E-state index is 0.0195. The molecule has 3 nitrogen and oxygen atoms in total. The van der Waals surface area contributed by atoms with E-state index in [1.54, 1.807) is 0 Å². The van der Waals surface area contributed by atoms with E-state index >= 15 is 0 Å². The fourth-order valence-corrected chi connectivity index (χ4v) is 2.89. The van der Waals surface area contributed by atoms with Crippen LogP contribution in [0.1, 0.15) is 71.4 Å². The van der Waals surface area contributed by atoms with Crippen molar-refractivity contribution in [3.05, 3.63) is 36.0 Å². The van der Waals surface area contributed by atoms with Crippen LogP contribution in [0.15, 0.2) is 30.5 Å². The smallest absolute Gasteiger partial charge is 0.208 e. The van der Waals surface area contributed by atoms with Gasteiger partial charge in [0.25, 0.3) is 0 Å². The first-order valence-electron chi connectivity index (χ1n) is 8.75. The molecule has 1 saturated carbocycles. The Bertz CT molecular complexity index is 727. The molecule has 0 spiro atoms. The van der Waals surface area contributed by atoms with E-state index in [0.717, 1.165) is 17.2 Å². The van der Waals surface area contributed by atoms with Crippen LogP contribution in [0.5, 0.6) is 0 Å². The number of nitrogens with zero attached hydrogens (tertiary/aromatic N) is 2. The topological polar surface area (TPSA) is 29.9 Å². The lowest BCUT2D eigenvalue weighted by Gasteiger charge is -2.30. The van der Waals surface area contributed by atoms with Gasteiger partial charge in [0.1, 0.15) is 0 Å². The number of imidazole rings is 1. The number of hydrogen-bond acceptors (Lipinski definition) is 2. The van der Waals surface area contributed by atoms with Crippen molar-refractivity contribution >= 4 is 17.0 Å². The highest BCUT2D eigenvalue weighted by Crippen LogP contribution is 2.38. The van der Waals surface area contributed by atoms with Crippen LogP contribution >= 0.6 is 0 Å². The maximum Gasteiger partial charge on any atom is 0.208 e. The zero-order valence-corrected chi connectivity index (χ0v) is 15.1. The van der Waals surface area contributed by atoms with E-state index < -0.39 is 0 Å². The van der Waals surface area contributed by atoms with Gasteiger partial charge in [0, 0.05) is 17.2 Å². The molecule has 3 heteroatoms. The second-order valence-electron chi connectivity index (χ2n) is 8.15. The van der Waals surface area contributed by atoms with Gasteiger partial charge in [-0.1, -0.05) is 47.3 Å². The van der Waals surface area contributed by atoms with Crippen LogP contribution < -0.4 is 5.32 Å². The molecule has 1 heterocycles. The molecule has 0 atom stereocenters. The highest BCUT2D eigenvalue weighted by Gasteiger charge is 2.26. The van der Waals surface area contributed by atoms with E-state index in [9.17, 15) is 0 Å². The van der Waals surface area contributed by atoms with Crippen molar-refractivity contribution in [1.82, 2.24) is 9.55 Å². The fraction of sp³-hybridized carbons (Fsp3) is 0.550. The van der Waals surface area contributed by atoms with E-state index in [1.165, 1.54) is 30.3 Å². The van der Waals surface area contributed by atoms with Crippen LogP contribution in [-0.2, 0) is 0 Å². The van der Waals surface area contributed by atoms with Crippen molar-refractivity contribution < 1.29 is 0 Å². The van der Waals surface area contributed by atoms with Crippen molar-refractivity contribution in [3.8, 4) is 0 Å². The average Bonchev–Trinajstić information content (AvgIpc) is 2.73. The van der Waals surface area contributed by atoms with E-state index in [2.05, 4.69) is 69.3 Å². The maximum absolute atomic E-state index is 4.86. The number of fused-ring (bicyclic) bond motifs is 1. The van der Waals surface area contributed by atoms with Crippen molar-refractivity contribution in [1.29, 1.82) is 0 Å². The van der Waals surface area contributed by atoms with Crippen molar-refractivity contribution in [2.75, 3.05) is 5.32 Å². The summed E-state index contributed by atoms with van der Waals surface area (Å²) in [5, 5.41) is 3.50.